The molecule has 1 aromatic carbocycles. The van der Waals surface area contributed by atoms with E-state index in [4.69, 9.17) is 0 Å². The molecule has 2 nitrogen and oxygen atoms in total. The van der Waals surface area contributed by atoms with Crippen LogP contribution in [0.2, 0.25) is 0 Å². The lowest BCUT2D eigenvalue weighted by Crippen LogP contribution is -2.26. The summed E-state index contributed by atoms with van der Waals surface area (Å²) in [6.45, 7) is 3.12. The van der Waals surface area contributed by atoms with Crippen LogP contribution in [-0.2, 0) is 0 Å². The van der Waals surface area contributed by atoms with Crippen molar-refractivity contribution >= 4 is 37.8 Å². The highest BCUT2D eigenvalue weighted by Crippen LogP contribution is 2.30. The molecule has 4 heteroatoms. The second kappa shape index (κ2) is 7.60. The van der Waals surface area contributed by atoms with Gasteiger partial charge < -0.3 is 5.32 Å². The van der Waals surface area contributed by atoms with Crippen molar-refractivity contribution < 1.29 is 4.79 Å². The number of hydrogen-bond donors (Lipinski definition) is 1. The van der Waals surface area contributed by atoms with Crippen LogP contribution in [0, 0.1) is 11.8 Å². The molecule has 1 amide bonds. The second-order valence-corrected chi connectivity index (χ2v) is 7.66. The summed E-state index contributed by atoms with van der Waals surface area (Å²) in [5.41, 5.74) is 0.698. The molecule has 0 unspecified atom stereocenters. The van der Waals surface area contributed by atoms with Crippen molar-refractivity contribution in [2.24, 2.45) is 11.8 Å². The highest BCUT2D eigenvalue weighted by atomic mass is 79.9. The average molecular weight is 403 g/mol. The van der Waals surface area contributed by atoms with Gasteiger partial charge in [0.25, 0.3) is 5.91 Å². The number of amides is 1. The fourth-order valence-corrected chi connectivity index (χ4v) is 4.09. The van der Waals surface area contributed by atoms with Crippen molar-refractivity contribution in [1.82, 2.24) is 5.32 Å². The SMILES string of the molecule is CC1CCC(CCNC(=O)c2cc(Br)cc(Br)c2)CC1. The molecule has 1 aromatic rings. The molecule has 0 atom stereocenters. The van der Waals surface area contributed by atoms with Crippen molar-refractivity contribution in [2.45, 2.75) is 39.0 Å². The first-order valence-corrected chi connectivity index (χ1v) is 8.87. The quantitative estimate of drug-likeness (QED) is 0.740. The van der Waals surface area contributed by atoms with E-state index in [0.29, 0.717) is 5.56 Å². The lowest BCUT2D eigenvalue weighted by atomic mass is 9.81. The molecule has 1 saturated carbocycles. The Balaban J connectivity index is 1.77. The number of nitrogens with one attached hydrogen (secondary N) is 1. The minimum absolute atomic E-state index is 0.0103. The lowest BCUT2D eigenvalue weighted by Gasteiger charge is -2.26. The van der Waals surface area contributed by atoms with Gasteiger partial charge in [0, 0.05) is 21.1 Å². The van der Waals surface area contributed by atoms with Gasteiger partial charge in [-0.2, -0.15) is 0 Å². The first-order chi connectivity index (χ1) is 9.54. The lowest BCUT2D eigenvalue weighted by molar-refractivity contribution is 0.0949. The van der Waals surface area contributed by atoms with E-state index in [1.807, 2.05) is 18.2 Å². The number of benzene rings is 1. The van der Waals surface area contributed by atoms with Gasteiger partial charge in [0.1, 0.15) is 0 Å². The van der Waals surface area contributed by atoms with Gasteiger partial charge in [0.05, 0.1) is 0 Å². The molecule has 2 rings (SSSR count). The van der Waals surface area contributed by atoms with Crippen LogP contribution in [0.5, 0.6) is 0 Å². The zero-order valence-electron chi connectivity index (χ0n) is 11.8. The Bertz CT molecular complexity index is 447. The largest absolute Gasteiger partial charge is 0.352 e. The van der Waals surface area contributed by atoms with E-state index in [1.54, 1.807) is 0 Å². The van der Waals surface area contributed by atoms with Crippen LogP contribution in [0.25, 0.3) is 0 Å². The van der Waals surface area contributed by atoms with E-state index in [1.165, 1.54) is 25.7 Å². The molecule has 0 aliphatic heterocycles. The van der Waals surface area contributed by atoms with Crippen molar-refractivity contribution in [3.63, 3.8) is 0 Å². The molecule has 1 aliphatic rings. The second-order valence-electron chi connectivity index (χ2n) is 5.83. The molecular weight excluding hydrogens is 382 g/mol. The number of carbonyl (C=O) groups excluding carboxylic acids is 1. The zero-order valence-corrected chi connectivity index (χ0v) is 15.0. The molecule has 0 aromatic heterocycles. The summed E-state index contributed by atoms with van der Waals surface area (Å²) in [5, 5.41) is 3.03. The highest BCUT2D eigenvalue weighted by molar-refractivity contribution is 9.11. The van der Waals surface area contributed by atoms with Crippen LogP contribution in [0.15, 0.2) is 27.1 Å². The highest BCUT2D eigenvalue weighted by Gasteiger charge is 2.18. The Kier molecular flexibility index (Phi) is 6.09. The summed E-state index contributed by atoms with van der Waals surface area (Å²) in [7, 11) is 0. The molecule has 0 saturated heterocycles. The van der Waals surface area contributed by atoms with Crippen LogP contribution in [0.4, 0.5) is 0 Å². The summed E-state index contributed by atoms with van der Waals surface area (Å²) in [6.07, 6.45) is 6.43. The smallest absolute Gasteiger partial charge is 0.251 e. The number of halogens is 2. The van der Waals surface area contributed by atoms with Gasteiger partial charge in [-0.25, -0.2) is 0 Å². The van der Waals surface area contributed by atoms with E-state index < -0.39 is 0 Å². The summed E-state index contributed by atoms with van der Waals surface area (Å²) in [6, 6.07) is 5.63. The standard InChI is InChI=1S/C16H21Br2NO/c1-11-2-4-12(5-3-11)6-7-19-16(20)13-8-14(17)10-15(18)9-13/h8-12H,2-7H2,1H3,(H,19,20). The minimum atomic E-state index is 0.0103. The van der Waals surface area contributed by atoms with Crippen molar-refractivity contribution in [3.8, 4) is 0 Å². The third-order valence-corrected chi connectivity index (χ3v) is 5.01. The van der Waals surface area contributed by atoms with Crippen LogP contribution in [-0.4, -0.2) is 12.5 Å². The van der Waals surface area contributed by atoms with E-state index in [9.17, 15) is 4.79 Å². The molecular formula is C16H21Br2NO. The number of carbonyl (C=O) groups is 1. The monoisotopic (exact) mass is 401 g/mol. The maximum absolute atomic E-state index is 12.1. The van der Waals surface area contributed by atoms with Crippen molar-refractivity contribution in [2.75, 3.05) is 6.54 Å². The number of rotatable bonds is 4. The molecule has 1 fully saturated rings. The van der Waals surface area contributed by atoms with Crippen LogP contribution in [0.3, 0.4) is 0 Å². The van der Waals surface area contributed by atoms with E-state index in [0.717, 1.165) is 33.7 Å². The Hall–Kier alpha value is -0.350. The zero-order chi connectivity index (χ0) is 14.5. The van der Waals surface area contributed by atoms with E-state index in [-0.39, 0.29) is 5.91 Å². The Morgan fingerprint density at radius 3 is 2.35 bits per heavy atom. The topological polar surface area (TPSA) is 29.1 Å². The third-order valence-electron chi connectivity index (χ3n) is 4.10. The average Bonchev–Trinajstić information content (AvgIpc) is 2.40. The Morgan fingerprint density at radius 1 is 1.15 bits per heavy atom. The van der Waals surface area contributed by atoms with Crippen LogP contribution in [0.1, 0.15) is 49.4 Å². The van der Waals surface area contributed by atoms with Gasteiger partial charge in [0.15, 0.2) is 0 Å². The molecule has 1 aliphatic carbocycles. The molecule has 1 N–H and O–H groups in total. The maximum Gasteiger partial charge on any atom is 0.251 e. The normalized spacial score (nSPS) is 22.6. The fraction of sp³-hybridized carbons (Fsp3) is 0.562. The Labute approximate surface area is 138 Å². The number of hydrogen-bond acceptors (Lipinski definition) is 1. The minimum Gasteiger partial charge on any atom is -0.352 e. The first kappa shape index (κ1) is 16.0. The van der Waals surface area contributed by atoms with Crippen LogP contribution >= 0.6 is 31.9 Å². The Morgan fingerprint density at radius 2 is 1.75 bits per heavy atom. The van der Waals surface area contributed by atoms with Gasteiger partial charge in [-0.3, -0.25) is 4.79 Å². The molecule has 0 spiro atoms. The van der Waals surface area contributed by atoms with Crippen molar-refractivity contribution in [3.05, 3.63) is 32.7 Å². The maximum atomic E-state index is 12.1. The molecule has 110 valence electrons. The summed E-state index contributed by atoms with van der Waals surface area (Å²) >= 11 is 6.82. The summed E-state index contributed by atoms with van der Waals surface area (Å²) in [5.74, 6) is 1.69. The molecule has 0 heterocycles. The first-order valence-electron chi connectivity index (χ1n) is 7.29. The molecule has 20 heavy (non-hydrogen) atoms. The van der Waals surface area contributed by atoms with E-state index >= 15 is 0 Å². The summed E-state index contributed by atoms with van der Waals surface area (Å²) in [4.78, 5) is 12.1. The van der Waals surface area contributed by atoms with Gasteiger partial charge in [-0.1, -0.05) is 64.5 Å². The van der Waals surface area contributed by atoms with Crippen molar-refractivity contribution in [1.29, 1.82) is 0 Å². The van der Waals surface area contributed by atoms with Gasteiger partial charge in [-0.15, -0.1) is 0 Å². The molecule has 0 radical (unpaired) electrons. The predicted octanol–water partition coefficient (Wildman–Crippen LogP) is 5.16. The molecule has 0 bridgehead atoms. The predicted molar refractivity (Wildman–Crippen MR) is 89.9 cm³/mol. The van der Waals surface area contributed by atoms with E-state index in [2.05, 4.69) is 44.1 Å². The third kappa shape index (κ3) is 4.88. The fourth-order valence-electron chi connectivity index (χ4n) is 2.79. The van der Waals surface area contributed by atoms with Gasteiger partial charge >= 0.3 is 0 Å². The van der Waals surface area contributed by atoms with Crippen LogP contribution < -0.4 is 5.32 Å². The van der Waals surface area contributed by atoms with Gasteiger partial charge in [-0.05, 0) is 36.5 Å². The summed E-state index contributed by atoms with van der Waals surface area (Å²) < 4.78 is 1.83. The van der Waals surface area contributed by atoms with Gasteiger partial charge in [0.2, 0.25) is 0 Å².